The van der Waals surface area contributed by atoms with Gasteiger partial charge in [0.1, 0.15) is 0 Å². The fourth-order valence-corrected chi connectivity index (χ4v) is 2.36. The minimum absolute atomic E-state index is 0.348. The second-order valence-corrected chi connectivity index (χ2v) is 5.20. The highest BCUT2D eigenvalue weighted by atomic mass is 16.5. The number of nitrogens with zero attached hydrogens (tertiary/aromatic N) is 1. The van der Waals surface area contributed by atoms with Crippen LogP contribution in [0.4, 0.5) is 0 Å². The van der Waals surface area contributed by atoms with Gasteiger partial charge in [0.2, 0.25) is 0 Å². The van der Waals surface area contributed by atoms with E-state index >= 15 is 0 Å². The Balaban J connectivity index is 1.72. The van der Waals surface area contributed by atoms with E-state index in [-0.39, 0.29) is 0 Å². The molecule has 1 unspecified atom stereocenters. The average Bonchev–Trinajstić information content (AvgIpc) is 2.38. The Morgan fingerprint density at radius 1 is 1.44 bits per heavy atom. The molecule has 1 N–H and O–H groups in total. The van der Waals surface area contributed by atoms with Crippen LogP contribution in [-0.2, 0) is 11.2 Å². The van der Waals surface area contributed by atoms with Gasteiger partial charge in [0, 0.05) is 26.2 Å². The number of morpholine rings is 1. The van der Waals surface area contributed by atoms with Gasteiger partial charge >= 0.3 is 0 Å². The van der Waals surface area contributed by atoms with Crippen LogP contribution < -0.4 is 5.32 Å². The normalized spacial score (nSPS) is 20.3. The van der Waals surface area contributed by atoms with Crippen LogP contribution in [0.3, 0.4) is 0 Å². The van der Waals surface area contributed by atoms with Crippen LogP contribution in [0.2, 0.25) is 0 Å². The molecule has 0 radical (unpaired) electrons. The molecule has 100 valence electrons. The molecule has 0 aliphatic carbocycles. The number of rotatable bonds is 5. The first-order valence-corrected chi connectivity index (χ1v) is 6.80. The van der Waals surface area contributed by atoms with Gasteiger partial charge in [-0.05, 0) is 26.0 Å². The lowest BCUT2D eigenvalue weighted by molar-refractivity contribution is 0.0103. The van der Waals surface area contributed by atoms with Gasteiger partial charge in [-0.3, -0.25) is 0 Å². The Hall–Kier alpha value is -0.900. The third-order valence-corrected chi connectivity index (χ3v) is 3.38. The summed E-state index contributed by atoms with van der Waals surface area (Å²) in [4.78, 5) is 2.36. The first-order valence-electron chi connectivity index (χ1n) is 6.80. The van der Waals surface area contributed by atoms with Gasteiger partial charge in [0.05, 0.1) is 12.7 Å². The van der Waals surface area contributed by atoms with Gasteiger partial charge in [-0.15, -0.1) is 0 Å². The van der Waals surface area contributed by atoms with Crippen LogP contribution in [0.5, 0.6) is 0 Å². The maximum Gasteiger partial charge on any atom is 0.0826 e. The van der Waals surface area contributed by atoms with E-state index in [0.717, 1.165) is 39.2 Å². The van der Waals surface area contributed by atoms with Crippen LogP contribution in [0.1, 0.15) is 11.1 Å². The van der Waals surface area contributed by atoms with E-state index in [4.69, 9.17) is 4.74 Å². The molecule has 0 bridgehead atoms. The van der Waals surface area contributed by atoms with Crippen molar-refractivity contribution in [1.82, 2.24) is 10.2 Å². The lowest BCUT2D eigenvalue weighted by Crippen LogP contribution is -2.44. The maximum absolute atomic E-state index is 5.72. The summed E-state index contributed by atoms with van der Waals surface area (Å²) in [6.07, 6.45) is 1.46. The van der Waals surface area contributed by atoms with Gasteiger partial charge < -0.3 is 15.0 Å². The summed E-state index contributed by atoms with van der Waals surface area (Å²) < 4.78 is 5.72. The Bertz CT molecular complexity index is 361. The van der Waals surface area contributed by atoms with Crippen LogP contribution in [0.25, 0.3) is 0 Å². The highest BCUT2D eigenvalue weighted by molar-refractivity contribution is 5.22. The Kier molecular flexibility index (Phi) is 5.17. The predicted octanol–water partition coefficient (Wildman–Crippen LogP) is 1.46. The van der Waals surface area contributed by atoms with E-state index in [1.165, 1.54) is 11.1 Å². The standard InChI is InChI=1S/C15H24N2O/c1-13-4-3-5-14(10-13)6-8-17(2)12-15-11-16-7-9-18-15/h3-5,10,15-16H,6-9,11-12H2,1-2H3. The molecule has 1 aliphatic heterocycles. The predicted molar refractivity (Wildman–Crippen MR) is 75.0 cm³/mol. The van der Waals surface area contributed by atoms with Crippen molar-refractivity contribution in [3.05, 3.63) is 35.4 Å². The molecule has 3 nitrogen and oxygen atoms in total. The number of hydrogen-bond donors (Lipinski definition) is 1. The van der Waals surface area contributed by atoms with Crippen LogP contribution in [-0.4, -0.2) is 50.8 Å². The van der Waals surface area contributed by atoms with Crippen molar-refractivity contribution >= 4 is 0 Å². The molecule has 2 rings (SSSR count). The zero-order chi connectivity index (χ0) is 12.8. The first-order chi connectivity index (χ1) is 8.74. The minimum atomic E-state index is 0.348. The van der Waals surface area contributed by atoms with Crippen molar-refractivity contribution in [2.75, 3.05) is 39.8 Å². The fourth-order valence-electron chi connectivity index (χ4n) is 2.36. The Labute approximate surface area is 110 Å². The Morgan fingerprint density at radius 2 is 2.33 bits per heavy atom. The Morgan fingerprint density at radius 3 is 3.06 bits per heavy atom. The van der Waals surface area contributed by atoms with E-state index in [0.29, 0.717) is 6.10 Å². The SMILES string of the molecule is Cc1cccc(CCN(C)CC2CNCCO2)c1. The fraction of sp³-hybridized carbons (Fsp3) is 0.600. The maximum atomic E-state index is 5.72. The van der Waals surface area contributed by atoms with Crippen molar-refractivity contribution in [3.63, 3.8) is 0 Å². The molecule has 0 amide bonds. The summed E-state index contributed by atoms with van der Waals surface area (Å²) >= 11 is 0. The lowest BCUT2D eigenvalue weighted by Gasteiger charge is -2.28. The summed E-state index contributed by atoms with van der Waals surface area (Å²) in [5.74, 6) is 0. The number of hydrogen-bond acceptors (Lipinski definition) is 3. The summed E-state index contributed by atoms with van der Waals surface area (Å²) in [7, 11) is 2.17. The van der Waals surface area contributed by atoms with E-state index in [1.54, 1.807) is 0 Å². The molecule has 1 aromatic rings. The minimum Gasteiger partial charge on any atom is -0.374 e. The van der Waals surface area contributed by atoms with E-state index in [1.807, 2.05) is 0 Å². The van der Waals surface area contributed by atoms with Crippen LogP contribution in [0, 0.1) is 6.92 Å². The molecular weight excluding hydrogens is 224 g/mol. The van der Waals surface area contributed by atoms with Gasteiger partial charge in [-0.1, -0.05) is 29.8 Å². The summed E-state index contributed by atoms with van der Waals surface area (Å²) in [5.41, 5.74) is 2.76. The van der Waals surface area contributed by atoms with Crippen molar-refractivity contribution < 1.29 is 4.74 Å². The van der Waals surface area contributed by atoms with E-state index in [9.17, 15) is 0 Å². The monoisotopic (exact) mass is 248 g/mol. The molecule has 18 heavy (non-hydrogen) atoms. The molecule has 3 heteroatoms. The molecule has 1 atom stereocenters. The molecule has 0 saturated carbocycles. The number of nitrogens with one attached hydrogen (secondary N) is 1. The molecule has 1 heterocycles. The molecule has 0 spiro atoms. The highest BCUT2D eigenvalue weighted by Crippen LogP contribution is 2.06. The van der Waals surface area contributed by atoms with Crippen LogP contribution in [0.15, 0.2) is 24.3 Å². The largest absolute Gasteiger partial charge is 0.374 e. The van der Waals surface area contributed by atoms with Crippen molar-refractivity contribution in [3.8, 4) is 0 Å². The number of likely N-dealkylation sites (N-methyl/N-ethyl adjacent to an activating group) is 1. The molecule has 1 aliphatic rings. The summed E-state index contributed by atoms with van der Waals surface area (Å²) in [5, 5.41) is 3.37. The van der Waals surface area contributed by atoms with Crippen molar-refractivity contribution in [2.45, 2.75) is 19.4 Å². The zero-order valence-electron chi connectivity index (χ0n) is 11.5. The lowest BCUT2D eigenvalue weighted by atomic mass is 10.1. The van der Waals surface area contributed by atoms with Gasteiger partial charge in [0.25, 0.3) is 0 Å². The van der Waals surface area contributed by atoms with Crippen molar-refractivity contribution in [1.29, 1.82) is 0 Å². The average molecular weight is 248 g/mol. The van der Waals surface area contributed by atoms with Crippen LogP contribution >= 0.6 is 0 Å². The van der Waals surface area contributed by atoms with Crippen molar-refractivity contribution in [2.24, 2.45) is 0 Å². The molecule has 1 aromatic carbocycles. The topological polar surface area (TPSA) is 24.5 Å². The van der Waals surface area contributed by atoms with Gasteiger partial charge in [0.15, 0.2) is 0 Å². The zero-order valence-corrected chi connectivity index (χ0v) is 11.5. The number of aryl methyl sites for hydroxylation is 1. The highest BCUT2D eigenvalue weighted by Gasteiger charge is 2.15. The summed E-state index contributed by atoms with van der Waals surface area (Å²) in [6, 6.07) is 8.76. The van der Waals surface area contributed by atoms with Gasteiger partial charge in [-0.25, -0.2) is 0 Å². The second-order valence-electron chi connectivity index (χ2n) is 5.20. The summed E-state index contributed by atoms with van der Waals surface area (Å²) in [6.45, 7) is 7.06. The number of ether oxygens (including phenoxy) is 1. The third kappa shape index (κ3) is 4.41. The quantitative estimate of drug-likeness (QED) is 0.854. The smallest absolute Gasteiger partial charge is 0.0826 e. The van der Waals surface area contributed by atoms with E-state index in [2.05, 4.69) is 48.5 Å². The van der Waals surface area contributed by atoms with Gasteiger partial charge in [-0.2, -0.15) is 0 Å². The molecular formula is C15H24N2O. The first kappa shape index (κ1) is 13.5. The third-order valence-electron chi connectivity index (χ3n) is 3.38. The molecule has 1 fully saturated rings. The molecule has 0 aromatic heterocycles. The molecule has 1 saturated heterocycles. The number of benzene rings is 1. The van der Waals surface area contributed by atoms with E-state index < -0.39 is 0 Å². The second kappa shape index (κ2) is 6.88.